The Morgan fingerprint density at radius 1 is 0.512 bits per heavy atom. The summed E-state index contributed by atoms with van der Waals surface area (Å²) in [6, 6.07) is 23.6. The summed E-state index contributed by atoms with van der Waals surface area (Å²) in [5.41, 5.74) is 1.54. The molecular weight excluding hydrogens is 520 g/mol. The first kappa shape index (κ1) is 25.7. The molecule has 0 aliphatic carbocycles. The van der Waals surface area contributed by atoms with Crippen molar-refractivity contribution in [1.29, 1.82) is 0 Å². The first-order valence-electron chi connectivity index (χ1n) is 12.8. The van der Waals surface area contributed by atoms with E-state index in [0.717, 1.165) is 21.9 Å². The lowest BCUT2D eigenvalue weighted by Gasteiger charge is -2.14. The average molecular weight is 543 g/mol. The van der Waals surface area contributed by atoms with Crippen molar-refractivity contribution in [2.24, 2.45) is 0 Å². The SMILES string of the molecule is Cc1ccc2cc(C(=O)O)c3c(C(=O)OC(=O)c4cccc5c4c(C(=O)O)cc4ccc(C)cc45)cccc3c2c1. The molecule has 6 rings (SSSR count). The Hall–Kier alpha value is -5.56. The number of benzene rings is 6. The maximum Gasteiger partial charge on any atom is 0.346 e. The van der Waals surface area contributed by atoms with Crippen LogP contribution in [0.3, 0.4) is 0 Å². The van der Waals surface area contributed by atoms with Crippen LogP contribution in [0.15, 0.2) is 84.9 Å². The molecule has 7 nitrogen and oxygen atoms in total. The molecule has 0 amide bonds. The molecule has 0 aromatic heterocycles. The van der Waals surface area contributed by atoms with E-state index < -0.39 is 23.9 Å². The molecule has 6 aromatic rings. The first-order valence-corrected chi connectivity index (χ1v) is 12.8. The first-order chi connectivity index (χ1) is 19.6. The molecular formula is C34H22O7. The van der Waals surface area contributed by atoms with E-state index >= 15 is 0 Å². The van der Waals surface area contributed by atoms with Crippen LogP contribution < -0.4 is 0 Å². The fourth-order valence-corrected chi connectivity index (χ4v) is 5.52. The van der Waals surface area contributed by atoms with Crippen molar-refractivity contribution < 1.29 is 34.1 Å². The summed E-state index contributed by atoms with van der Waals surface area (Å²) in [5.74, 6) is -4.54. The molecule has 0 spiro atoms. The maximum atomic E-state index is 13.5. The molecule has 0 bridgehead atoms. The van der Waals surface area contributed by atoms with Crippen LogP contribution in [0.5, 0.6) is 0 Å². The van der Waals surface area contributed by atoms with Gasteiger partial charge >= 0.3 is 23.9 Å². The van der Waals surface area contributed by atoms with Crippen LogP contribution in [0, 0.1) is 13.8 Å². The number of aryl methyl sites for hydroxylation is 2. The molecule has 200 valence electrons. The van der Waals surface area contributed by atoms with Gasteiger partial charge in [0.15, 0.2) is 0 Å². The summed E-state index contributed by atoms with van der Waals surface area (Å²) >= 11 is 0. The van der Waals surface area contributed by atoms with E-state index in [0.29, 0.717) is 21.5 Å². The average Bonchev–Trinajstić information content (AvgIpc) is 2.95. The van der Waals surface area contributed by atoms with Gasteiger partial charge in [-0.25, -0.2) is 19.2 Å². The Labute approximate surface area is 233 Å². The van der Waals surface area contributed by atoms with Crippen LogP contribution in [-0.4, -0.2) is 34.1 Å². The van der Waals surface area contributed by atoms with Gasteiger partial charge in [0.1, 0.15) is 0 Å². The van der Waals surface area contributed by atoms with Crippen molar-refractivity contribution in [3.8, 4) is 0 Å². The molecule has 0 unspecified atom stereocenters. The Bertz CT molecular complexity index is 1990. The maximum absolute atomic E-state index is 13.5. The predicted octanol–water partition coefficient (Wildman–Crippen LogP) is 7.31. The summed E-state index contributed by atoms with van der Waals surface area (Å²) in [6.07, 6.45) is 0. The Morgan fingerprint density at radius 3 is 1.32 bits per heavy atom. The number of carboxylic acids is 2. The van der Waals surface area contributed by atoms with Crippen molar-refractivity contribution in [2.75, 3.05) is 0 Å². The second-order valence-corrected chi connectivity index (χ2v) is 10.0. The van der Waals surface area contributed by atoms with E-state index in [1.807, 2.05) is 50.2 Å². The molecule has 0 aliphatic rings. The van der Waals surface area contributed by atoms with Gasteiger partial charge in [0, 0.05) is 10.8 Å². The molecule has 0 heterocycles. The van der Waals surface area contributed by atoms with Crippen molar-refractivity contribution in [1.82, 2.24) is 0 Å². The van der Waals surface area contributed by atoms with Gasteiger partial charge in [0.2, 0.25) is 0 Å². The Morgan fingerprint density at radius 2 is 0.927 bits per heavy atom. The molecule has 0 radical (unpaired) electrons. The highest BCUT2D eigenvalue weighted by Gasteiger charge is 2.25. The lowest BCUT2D eigenvalue weighted by molar-refractivity contribution is 0.0400. The number of carbonyl (C=O) groups is 4. The molecule has 0 atom stereocenters. The van der Waals surface area contributed by atoms with Gasteiger partial charge in [0.05, 0.1) is 22.3 Å². The minimum atomic E-state index is -1.23. The zero-order valence-electron chi connectivity index (χ0n) is 22.0. The number of carboxylic acid groups (broad SMARTS) is 2. The fourth-order valence-electron chi connectivity index (χ4n) is 5.52. The minimum Gasteiger partial charge on any atom is -0.478 e. The normalized spacial score (nSPS) is 11.3. The van der Waals surface area contributed by atoms with Crippen LogP contribution in [-0.2, 0) is 4.74 Å². The lowest BCUT2D eigenvalue weighted by atomic mass is 9.92. The highest BCUT2D eigenvalue weighted by molar-refractivity contribution is 6.24. The highest BCUT2D eigenvalue weighted by atomic mass is 16.6. The van der Waals surface area contributed by atoms with E-state index in [1.165, 1.54) is 24.3 Å². The highest BCUT2D eigenvalue weighted by Crippen LogP contribution is 2.34. The number of fused-ring (bicyclic) bond motifs is 6. The number of hydrogen-bond donors (Lipinski definition) is 2. The number of carbonyl (C=O) groups excluding carboxylic acids is 2. The van der Waals surface area contributed by atoms with E-state index in [1.54, 1.807) is 24.3 Å². The number of hydrogen-bond acceptors (Lipinski definition) is 5. The third-order valence-corrected chi connectivity index (χ3v) is 7.35. The zero-order chi connectivity index (χ0) is 29.0. The van der Waals surface area contributed by atoms with Crippen LogP contribution in [0.2, 0.25) is 0 Å². The van der Waals surface area contributed by atoms with Gasteiger partial charge in [-0.1, -0.05) is 71.8 Å². The number of esters is 2. The Kier molecular flexibility index (Phi) is 6.00. The monoisotopic (exact) mass is 542 g/mol. The summed E-state index contributed by atoms with van der Waals surface area (Å²) in [5, 5.41) is 24.3. The largest absolute Gasteiger partial charge is 0.478 e. The number of aromatic carboxylic acids is 2. The van der Waals surface area contributed by atoms with Gasteiger partial charge in [-0.2, -0.15) is 0 Å². The third-order valence-electron chi connectivity index (χ3n) is 7.35. The van der Waals surface area contributed by atoms with Crippen molar-refractivity contribution in [3.05, 3.63) is 118 Å². The number of rotatable bonds is 4. The van der Waals surface area contributed by atoms with Gasteiger partial charge < -0.3 is 14.9 Å². The molecule has 2 N–H and O–H groups in total. The van der Waals surface area contributed by atoms with Crippen LogP contribution in [0.1, 0.15) is 52.6 Å². The molecule has 41 heavy (non-hydrogen) atoms. The van der Waals surface area contributed by atoms with Crippen LogP contribution in [0.25, 0.3) is 43.1 Å². The molecule has 0 saturated carbocycles. The summed E-state index contributed by atoms with van der Waals surface area (Å²) in [7, 11) is 0. The molecule has 0 fully saturated rings. The standard InChI is InChI=1S/C34H22O7/c1-17-9-11-19-15-27(31(35)36)29-21(25(19)13-17)5-3-7-23(29)33(39)41-34(40)24-8-4-6-22-26-14-18(2)10-12-20(26)16-28(30(22)24)32(37)38/h3-16H,1-2H3,(H,35,36)(H,37,38). The topological polar surface area (TPSA) is 118 Å². The quantitative estimate of drug-likeness (QED) is 0.136. The lowest BCUT2D eigenvalue weighted by Crippen LogP contribution is -2.15. The van der Waals surface area contributed by atoms with Gasteiger partial charge in [-0.15, -0.1) is 0 Å². The molecule has 0 saturated heterocycles. The van der Waals surface area contributed by atoms with E-state index in [-0.39, 0.29) is 33.0 Å². The van der Waals surface area contributed by atoms with E-state index in [4.69, 9.17) is 4.74 Å². The summed E-state index contributed by atoms with van der Waals surface area (Å²) in [6.45, 7) is 3.82. The van der Waals surface area contributed by atoms with Gasteiger partial charge in [0.25, 0.3) is 0 Å². The Balaban J connectivity index is 1.51. The summed E-state index contributed by atoms with van der Waals surface area (Å²) < 4.78 is 5.32. The van der Waals surface area contributed by atoms with Gasteiger partial charge in [-0.3, -0.25) is 0 Å². The zero-order valence-corrected chi connectivity index (χ0v) is 22.0. The van der Waals surface area contributed by atoms with Crippen molar-refractivity contribution in [3.63, 3.8) is 0 Å². The molecule has 6 aromatic carbocycles. The fraction of sp³-hybridized carbons (Fsp3) is 0.0588. The van der Waals surface area contributed by atoms with Crippen LogP contribution in [0.4, 0.5) is 0 Å². The molecule has 0 aliphatic heterocycles. The summed E-state index contributed by atoms with van der Waals surface area (Å²) in [4.78, 5) is 51.5. The second kappa shape index (κ2) is 9.57. The second-order valence-electron chi connectivity index (χ2n) is 10.0. The minimum absolute atomic E-state index is 0.0866. The predicted molar refractivity (Wildman–Crippen MR) is 156 cm³/mol. The molecule has 7 heteroatoms. The van der Waals surface area contributed by atoms with Gasteiger partial charge in [-0.05, 0) is 70.4 Å². The number of ether oxygens (including phenoxy) is 1. The van der Waals surface area contributed by atoms with Crippen molar-refractivity contribution in [2.45, 2.75) is 13.8 Å². The van der Waals surface area contributed by atoms with E-state index in [2.05, 4.69) is 0 Å². The van der Waals surface area contributed by atoms with Crippen LogP contribution >= 0.6 is 0 Å². The third kappa shape index (κ3) is 4.24. The van der Waals surface area contributed by atoms with E-state index in [9.17, 15) is 29.4 Å². The smallest absolute Gasteiger partial charge is 0.346 e. The van der Waals surface area contributed by atoms with Crippen molar-refractivity contribution >= 4 is 67.0 Å².